The van der Waals surface area contributed by atoms with Crippen LogP contribution >= 0.6 is 0 Å². The van der Waals surface area contributed by atoms with Gasteiger partial charge in [0, 0.05) is 5.56 Å². The molecule has 0 amide bonds. The molecule has 1 aliphatic rings. The second-order valence-corrected chi connectivity index (χ2v) is 6.00. The second-order valence-electron chi connectivity index (χ2n) is 6.00. The fourth-order valence-corrected chi connectivity index (χ4v) is 2.21. The summed E-state index contributed by atoms with van der Waals surface area (Å²) in [5, 5.41) is 0. The lowest BCUT2D eigenvalue weighted by atomic mass is 9.86. The maximum atomic E-state index is 12.3. The molecular weight excluding hydrogens is 228 g/mol. The van der Waals surface area contributed by atoms with Crippen molar-refractivity contribution in [2.45, 2.75) is 39.7 Å². The number of esters is 1. The van der Waals surface area contributed by atoms with Crippen molar-refractivity contribution in [3.63, 3.8) is 0 Å². The second kappa shape index (κ2) is 3.94. The third-order valence-corrected chi connectivity index (χ3v) is 3.16. The SMILES string of the molecule is CC(C)(C)OC(=O)C1(C)Cc2ccccc2C1=O. The molecule has 0 bridgehead atoms. The maximum Gasteiger partial charge on any atom is 0.320 e. The van der Waals surface area contributed by atoms with Gasteiger partial charge in [-0.2, -0.15) is 0 Å². The van der Waals surface area contributed by atoms with E-state index in [2.05, 4.69) is 0 Å². The molecule has 1 aliphatic carbocycles. The number of hydrogen-bond donors (Lipinski definition) is 0. The average molecular weight is 246 g/mol. The summed E-state index contributed by atoms with van der Waals surface area (Å²) >= 11 is 0. The van der Waals surface area contributed by atoms with E-state index in [1.165, 1.54) is 0 Å². The minimum Gasteiger partial charge on any atom is -0.459 e. The lowest BCUT2D eigenvalue weighted by molar-refractivity contribution is -0.163. The van der Waals surface area contributed by atoms with E-state index in [1.807, 2.05) is 18.2 Å². The smallest absolute Gasteiger partial charge is 0.320 e. The standard InChI is InChI=1S/C15H18O3/c1-14(2,3)18-13(17)15(4)9-10-7-5-6-8-11(10)12(15)16/h5-8H,9H2,1-4H3. The first-order valence-electron chi connectivity index (χ1n) is 6.10. The molecule has 0 spiro atoms. The number of fused-ring (bicyclic) bond motifs is 1. The van der Waals surface area contributed by atoms with Gasteiger partial charge in [-0.3, -0.25) is 9.59 Å². The fraction of sp³-hybridized carbons (Fsp3) is 0.467. The summed E-state index contributed by atoms with van der Waals surface area (Å²) in [7, 11) is 0. The predicted molar refractivity (Wildman–Crippen MR) is 68.4 cm³/mol. The van der Waals surface area contributed by atoms with Crippen LogP contribution in [0.4, 0.5) is 0 Å². The van der Waals surface area contributed by atoms with Crippen molar-refractivity contribution in [2.24, 2.45) is 5.41 Å². The van der Waals surface area contributed by atoms with Crippen LogP contribution in [0.25, 0.3) is 0 Å². The van der Waals surface area contributed by atoms with Crippen LogP contribution in [-0.2, 0) is 16.0 Å². The zero-order valence-electron chi connectivity index (χ0n) is 11.2. The number of ether oxygens (including phenoxy) is 1. The molecule has 3 nitrogen and oxygen atoms in total. The highest BCUT2D eigenvalue weighted by Gasteiger charge is 2.49. The van der Waals surface area contributed by atoms with Crippen LogP contribution in [-0.4, -0.2) is 17.4 Å². The fourth-order valence-electron chi connectivity index (χ4n) is 2.21. The van der Waals surface area contributed by atoms with Crippen molar-refractivity contribution < 1.29 is 14.3 Å². The molecule has 0 N–H and O–H groups in total. The van der Waals surface area contributed by atoms with Gasteiger partial charge in [0.15, 0.2) is 5.78 Å². The van der Waals surface area contributed by atoms with Crippen LogP contribution in [0.15, 0.2) is 24.3 Å². The number of carbonyl (C=O) groups excluding carboxylic acids is 2. The van der Waals surface area contributed by atoms with E-state index in [0.29, 0.717) is 12.0 Å². The monoisotopic (exact) mass is 246 g/mol. The predicted octanol–water partition coefficient (Wildman–Crippen LogP) is 2.77. The van der Waals surface area contributed by atoms with Crippen molar-refractivity contribution >= 4 is 11.8 Å². The number of carbonyl (C=O) groups is 2. The van der Waals surface area contributed by atoms with E-state index in [4.69, 9.17) is 4.74 Å². The van der Waals surface area contributed by atoms with Crippen LogP contribution < -0.4 is 0 Å². The van der Waals surface area contributed by atoms with Gasteiger partial charge in [-0.05, 0) is 39.7 Å². The topological polar surface area (TPSA) is 43.4 Å². The van der Waals surface area contributed by atoms with Gasteiger partial charge in [0.2, 0.25) is 0 Å². The Labute approximate surface area is 107 Å². The molecule has 1 aromatic rings. The molecule has 0 saturated carbocycles. The largest absolute Gasteiger partial charge is 0.459 e. The zero-order valence-corrected chi connectivity index (χ0v) is 11.2. The van der Waals surface area contributed by atoms with Crippen LogP contribution in [0, 0.1) is 5.41 Å². The van der Waals surface area contributed by atoms with Gasteiger partial charge in [-0.25, -0.2) is 0 Å². The van der Waals surface area contributed by atoms with Gasteiger partial charge < -0.3 is 4.74 Å². The Kier molecular flexibility index (Phi) is 2.80. The molecule has 0 aromatic heterocycles. The van der Waals surface area contributed by atoms with Gasteiger partial charge in [0.05, 0.1) is 0 Å². The zero-order chi connectivity index (χ0) is 13.6. The molecule has 0 heterocycles. The molecule has 0 radical (unpaired) electrons. The highest BCUT2D eigenvalue weighted by molar-refractivity contribution is 6.15. The molecule has 96 valence electrons. The molecule has 1 unspecified atom stereocenters. The van der Waals surface area contributed by atoms with Crippen molar-refractivity contribution in [3.05, 3.63) is 35.4 Å². The van der Waals surface area contributed by atoms with Crippen LogP contribution in [0.1, 0.15) is 43.6 Å². The quantitative estimate of drug-likeness (QED) is 0.565. The Hall–Kier alpha value is -1.64. The van der Waals surface area contributed by atoms with E-state index in [1.54, 1.807) is 33.8 Å². The number of ketones is 1. The number of benzene rings is 1. The van der Waals surface area contributed by atoms with Gasteiger partial charge in [0.25, 0.3) is 0 Å². The van der Waals surface area contributed by atoms with E-state index < -0.39 is 17.0 Å². The minimum atomic E-state index is -1.07. The number of Topliss-reactive ketones (excluding diaryl/α,β-unsaturated/α-hetero) is 1. The van der Waals surface area contributed by atoms with Crippen molar-refractivity contribution in [3.8, 4) is 0 Å². The van der Waals surface area contributed by atoms with E-state index in [0.717, 1.165) is 5.56 Å². The highest BCUT2D eigenvalue weighted by Crippen LogP contribution is 2.38. The van der Waals surface area contributed by atoms with Crippen molar-refractivity contribution in [1.29, 1.82) is 0 Å². The normalized spacial score (nSPS) is 22.8. The van der Waals surface area contributed by atoms with Gasteiger partial charge in [-0.1, -0.05) is 24.3 Å². The third-order valence-electron chi connectivity index (χ3n) is 3.16. The van der Waals surface area contributed by atoms with Gasteiger partial charge in [0.1, 0.15) is 11.0 Å². The molecule has 18 heavy (non-hydrogen) atoms. The Bertz CT molecular complexity index is 511. The molecule has 0 saturated heterocycles. The number of hydrogen-bond acceptors (Lipinski definition) is 3. The molecule has 1 aromatic carbocycles. The van der Waals surface area contributed by atoms with Crippen molar-refractivity contribution in [1.82, 2.24) is 0 Å². The first-order valence-corrected chi connectivity index (χ1v) is 6.10. The Balaban J connectivity index is 2.31. The van der Waals surface area contributed by atoms with Crippen LogP contribution in [0.5, 0.6) is 0 Å². The summed E-state index contributed by atoms with van der Waals surface area (Å²) in [5.41, 5.74) is -0.0757. The minimum absolute atomic E-state index is 0.132. The van der Waals surface area contributed by atoms with E-state index in [-0.39, 0.29) is 5.78 Å². The highest BCUT2D eigenvalue weighted by atomic mass is 16.6. The Morgan fingerprint density at radius 2 is 1.89 bits per heavy atom. The summed E-state index contributed by atoms with van der Waals surface area (Å²) in [5.74, 6) is -0.566. The lowest BCUT2D eigenvalue weighted by Gasteiger charge is -2.26. The summed E-state index contributed by atoms with van der Waals surface area (Å²) in [6.07, 6.45) is 0.428. The maximum absolute atomic E-state index is 12.3. The molecule has 0 aliphatic heterocycles. The first kappa shape index (κ1) is 12.8. The lowest BCUT2D eigenvalue weighted by Crippen LogP contribution is -2.39. The van der Waals surface area contributed by atoms with Gasteiger partial charge in [-0.15, -0.1) is 0 Å². The van der Waals surface area contributed by atoms with Gasteiger partial charge >= 0.3 is 5.97 Å². The molecule has 0 fully saturated rings. The van der Waals surface area contributed by atoms with Crippen LogP contribution in [0.3, 0.4) is 0 Å². The van der Waals surface area contributed by atoms with E-state index >= 15 is 0 Å². The summed E-state index contributed by atoms with van der Waals surface area (Å²) in [6, 6.07) is 7.36. The Morgan fingerprint density at radius 3 is 2.44 bits per heavy atom. The Morgan fingerprint density at radius 1 is 1.28 bits per heavy atom. The number of rotatable bonds is 1. The molecular formula is C15H18O3. The summed E-state index contributed by atoms with van der Waals surface area (Å²) in [6.45, 7) is 7.09. The van der Waals surface area contributed by atoms with E-state index in [9.17, 15) is 9.59 Å². The third kappa shape index (κ3) is 2.05. The molecule has 1 atom stereocenters. The average Bonchev–Trinajstić information content (AvgIpc) is 2.51. The van der Waals surface area contributed by atoms with Crippen LogP contribution in [0.2, 0.25) is 0 Å². The summed E-state index contributed by atoms with van der Waals surface area (Å²) in [4.78, 5) is 24.6. The first-order chi connectivity index (χ1) is 8.24. The summed E-state index contributed by atoms with van der Waals surface area (Å²) < 4.78 is 5.37. The molecule has 3 heteroatoms. The van der Waals surface area contributed by atoms with Crippen molar-refractivity contribution in [2.75, 3.05) is 0 Å². The molecule has 2 rings (SSSR count).